The van der Waals surface area contributed by atoms with Crippen LogP contribution in [-0.4, -0.2) is 55.6 Å². The molecule has 0 bridgehead atoms. The summed E-state index contributed by atoms with van der Waals surface area (Å²) < 4.78 is 6.11. The Hall–Kier alpha value is -3.60. The van der Waals surface area contributed by atoms with Crippen molar-refractivity contribution in [3.63, 3.8) is 0 Å². The van der Waals surface area contributed by atoms with Gasteiger partial charge in [0.15, 0.2) is 0 Å². The van der Waals surface area contributed by atoms with Gasteiger partial charge in [-0.3, -0.25) is 19.1 Å². The number of fused-ring (bicyclic) bond motifs is 4. The number of aromatic nitrogens is 2. The van der Waals surface area contributed by atoms with Crippen LogP contribution in [0.4, 0.5) is 5.69 Å². The first kappa shape index (κ1) is 22.2. The van der Waals surface area contributed by atoms with E-state index in [1.807, 2.05) is 0 Å². The Morgan fingerprint density at radius 3 is 2.56 bits per heavy atom. The summed E-state index contributed by atoms with van der Waals surface area (Å²) in [4.78, 5) is 45.0. The number of carbonyl (C=O) groups is 2. The molecule has 5 rings (SSSR count). The zero-order valence-corrected chi connectivity index (χ0v) is 18.9. The Morgan fingerprint density at radius 1 is 1.15 bits per heavy atom. The molecule has 1 amide bonds. The molecular weight excluding hydrogens is 440 g/mol. The van der Waals surface area contributed by atoms with E-state index in [1.165, 1.54) is 18.3 Å². The van der Waals surface area contributed by atoms with E-state index in [4.69, 9.17) is 4.74 Å². The second-order valence-electron chi connectivity index (χ2n) is 9.11. The minimum atomic E-state index is -1.90. The Morgan fingerprint density at radius 2 is 1.82 bits per heavy atom. The normalized spacial score (nSPS) is 24.2. The number of hydroxylamine groups is 2. The highest BCUT2D eigenvalue weighted by atomic mass is 16.5. The van der Waals surface area contributed by atoms with Gasteiger partial charge in [0.05, 0.1) is 30.0 Å². The zero-order chi connectivity index (χ0) is 24.4. The highest BCUT2D eigenvalue weighted by molar-refractivity contribution is 6.04. The number of hydrogen-bond acceptors (Lipinski definition) is 8. The number of aliphatic hydroxyl groups is 1. The lowest BCUT2D eigenvalue weighted by Crippen LogP contribution is -2.53. The minimum Gasteiger partial charge on any atom is -0.467 e. The molecule has 10 heteroatoms. The minimum absolute atomic E-state index is 0.306. The number of hydrogen-bond donors (Lipinski definition) is 2. The van der Waals surface area contributed by atoms with Gasteiger partial charge in [-0.2, -0.15) is 5.06 Å². The fraction of sp³-hybridized carbons (Fsp3) is 0.333. The summed E-state index contributed by atoms with van der Waals surface area (Å²) in [7, 11) is 1.19. The molecule has 176 valence electrons. The summed E-state index contributed by atoms with van der Waals surface area (Å²) in [6.45, 7) is 3.10. The molecule has 0 aliphatic carbocycles. The number of carbonyl (C=O) groups excluding carboxylic acids is 2. The van der Waals surface area contributed by atoms with E-state index < -0.39 is 40.8 Å². The molecule has 0 saturated carbocycles. The van der Waals surface area contributed by atoms with Gasteiger partial charge < -0.3 is 15.1 Å². The average molecular weight is 464 g/mol. The molecule has 2 aliphatic heterocycles. The Balaban J connectivity index is 1.68. The molecule has 0 radical (unpaired) electrons. The Labute approximate surface area is 194 Å². The third-order valence-corrected chi connectivity index (χ3v) is 6.85. The maximum Gasteiger partial charge on any atom is 0.329 e. The van der Waals surface area contributed by atoms with Crippen molar-refractivity contribution in [3.8, 4) is 0 Å². The topological polar surface area (TPSA) is 125 Å². The maximum atomic E-state index is 13.3. The smallest absolute Gasteiger partial charge is 0.329 e. The van der Waals surface area contributed by atoms with Crippen molar-refractivity contribution in [2.45, 2.75) is 43.6 Å². The summed E-state index contributed by atoms with van der Waals surface area (Å²) in [6.07, 6.45) is -0.309. The molecule has 0 spiro atoms. The third kappa shape index (κ3) is 2.86. The predicted molar refractivity (Wildman–Crippen MR) is 121 cm³/mol. The van der Waals surface area contributed by atoms with Crippen molar-refractivity contribution >= 4 is 28.5 Å². The predicted octanol–water partition coefficient (Wildman–Crippen LogP) is 1.54. The second-order valence-corrected chi connectivity index (χ2v) is 9.11. The number of methoxy groups -OCH3 is 1. The lowest BCUT2D eigenvalue weighted by molar-refractivity contribution is -0.210. The molecule has 2 aromatic carbocycles. The van der Waals surface area contributed by atoms with Gasteiger partial charge in [0.25, 0.3) is 11.5 Å². The van der Waals surface area contributed by atoms with E-state index in [0.29, 0.717) is 22.2 Å². The van der Waals surface area contributed by atoms with Gasteiger partial charge in [-0.25, -0.2) is 9.78 Å². The Kier molecular flexibility index (Phi) is 4.87. The number of benzene rings is 2. The van der Waals surface area contributed by atoms with Crippen LogP contribution in [0.1, 0.15) is 31.9 Å². The fourth-order valence-corrected chi connectivity index (χ4v) is 5.01. The number of ether oxygens (including phenoxy) is 1. The van der Waals surface area contributed by atoms with E-state index in [1.54, 1.807) is 62.4 Å². The monoisotopic (exact) mass is 464 g/mol. The summed E-state index contributed by atoms with van der Waals surface area (Å²) in [5.74, 6) is -1.17. The van der Waals surface area contributed by atoms with Crippen LogP contribution in [0.2, 0.25) is 0 Å². The van der Waals surface area contributed by atoms with Gasteiger partial charge in [-0.15, -0.1) is 0 Å². The number of para-hydroxylation sites is 2. The summed E-state index contributed by atoms with van der Waals surface area (Å²) in [5.41, 5.74) is -2.44. The lowest BCUT2D eigenvalue weighted by atomic mass is 9.85. The lowest BCUT2D eigenvalue weighted by Gasteiger charge is -2.37. The molecule has 1 fully saturated rings. The van der Waals surface area contributed by atoms with Crippen molar-refractivity contribution in [3.05, 3.63) is 70.8 Å². The Bertz CT molecular complexity index is 1390. The number of rotatable bonds is 4. The molecule has 10 nitrogen and oxygen atoms in total. The number of nitrogens with zero attached hydrogens (tertiary/aromatic N) is 4. The molecule has 1 saturated heterocycles. The van der Waals surface area contributed by atoms with Gasteiger partial charge in [-0.05, 0) is 32.0 Å². The molecular formula is C24H24N4O6. The van der Waals surface area contributed by atoms with Gasteiger partial charge in [0.2, 0.25) is 0 Å². The summed E-state index contributed by atoms with van der Waals surface area (Å²) >= 11 is 0. The standard InChI is InChI=1S/C24H24N4O6/c1-23(2)22(31)27-17-11-7-5-9-15(17)24(32,21(27)28(23)33)12-18(20(30)34-3)26-13-25-16-10-6-4-8-14(16)19(26)29/h4-11,13,18,21,32-33H,12H2,1-3H3/t18-,21-,24-/m0/s1. The van der Waals surface area contributed by atoms with Crippen molar-refractivity contribution in [1.82, 2.24) is 14.6 Å². The van der Waals surface area contributed by atoms with Gasteiger partial charge in [-0.1, -0.05) is 30.3 Å². The largest absolute Gasteiger partial charge is 0.467 e. The van der Waals surface area contributed by atoms with Gasteiger partial charge in [0.1, 0.15) is 23.3 Å². The summed E-state index contributed by atoms with van der Waals surface area (Å²) in [6, 6.07) is 12.2. The quantitative estimate of drug-likeness (QED) is 0.557. The highest BCUT2D eigenvalue weighted by Gasteiger charge is 2.65. The van der Waals surface area contributed by atoms with Crippen molar-refractivity contribution in [2.75, 3.05) is 12.0 Å². The van der Waals surface area contributed by atoms with Gasteiger partial charge >= 0.3 is 5.97 Å². The van der Waals surface area contributed by atoms with Crippen LogP contribution < -0.4 is 10.5 Å². The van der Waals surface area contributed by atoms with Crippen LogP contribution in [0, 0.1) is 0 Å². The van der Waals surface area contributed by atoms with Crippen LogP contribution in [0.15, 0.2) is 59.7 Å². The molecule has 34 heavy (non-hydrogen) atoms. The third-order valence-electron chi connectivity index (χ3n) is 6.85. The van der Waals surface area contributed by atoms with Crippen LogP contribution in [0.25, 0.3) is 10.9 Å². The highest BCUT2D eigenvalue weighted by Crippen LogP contribution is 2.53. The number of amides is 1. The second kappa shape index (κ2) is 7.45. The summed E-state index contributed by atoms with van der Waals surface area (Å²) in [5, 5.41) is 24.2. The maximum absolute atomic E-state index is 13.3. The van der Waals surface area contributed by atoms with Crippen molar-refractivity contribution < 1.29 is 24.6 Å². The van der Waals surface area contributed by atoms with E-state index in [0.717, 1.165) is 9.63 Å². The molecule has 0 unspecified atom stereocenters. The van der Waals surface area contributed by atoms with E-state index in [-0.39, 0.29) is 6.42 Å². The van der Waals surface area contributed by atoms with Crippen LogP contribution >= 0.6 is 0 Å². The SMILES string of the molecule is COC(=O)[C@H](C[C@]1(O)c2ccccc2N2C(=O)C(C)(C)N(O)[C@H]21)n1cnc2ccccc2c1=O. The first-order valence-corrected chi connectivity index (χ1v) is 10.8. The fourth-order valence-electron chi connectivity index (χ4n) is 5.01. The number of anilines is 1. The van der Waals surface area contributed by atoms with Crippen LogP contribution in [0.3, 0.4) is 0 Å². The van der Waals surface area contributed by atoms with Crippen LogP contribution in [0.5, 0.6) is 0 Å². The van der Waals surface area contributed by atoms with E-state index >= 15 is 0 Å². The molecule has 3 atom stereocenters. The van der Waals surface area contributed by atoms with Crippen molar-refractivity contribution in [1.29, 1.82) is 0 Å². The van der Waals surface area contributed by atoms with Crippen LogP contribution in [-0.2, 0) is 19.9 Å². The first-order chi connectivity index (χ1) is 16.1. The van der Waals surface area contributed by atoms with E-state index in [9.17, 15) is 24.7 Å². The van der Waals surface area contributed by atoms with Crippen molar-refractivity contribution in [2.24, 2.45) is 0 Å². The molecule has 2 N–H and O–H groups in total. The number of esters is 1. The molecule has 2 aliphatic rings. The molecule has 1 aromatic heterocycles. The molecule has 3 heterocycles. The van der Waals surface area contributed by atoms with Gasteiger partial charge in [0, 0.05) is 12.0 Å². The zero-order valence-electron chi connectivity index (χ0n) is 18.9. The van der Waals surface area contributed by atoms with E-state index in [2.05, 4.69) is 4.98 Å². The first-order valence-electron chi connectivity index (χ1n) is 10.8. The average Bonchev–Trinajstić information content (AvgIpc) is 3.20. The molecule has 3 aromatic rings.